The summed E-state index contributed by atoms with van der Waals surface area (Å²) in [6.07, 6.45) is 0. The Morgan fingerprint density at radius 1 is 1.03 bits per heavy atom. The van der Waals surface area contributed by atoms with Gasteiger partial charge in [0.1, 0.15) is 5.75 Å². The number of anilines is 1. The molecule has 152 valence electrons. The summed E-state index contributed by atoms with van der Waals surface area (Å²) in [5, 5.41) is 13.9. The van der Waals surface area contributed by atoms with Gasteiger partial charge in [0.2, 0.25) is 0 Å². The van der Waals surface area contributed by atoms with Crippen molar-refractivity contribution in [2.45, 2.75) is 12.8 Å². The first-order chi connectivity index (χ1) is 14.3. The highest BCUT2D eigenvalue weighted by molar-refractivity contribution is 6.32. The second-order valence-corrected chi connectivity index (χ2v) is 7.88. The molecule has 0 saturated heterocycles. The van der Waals surface area contributed by atoms with Crippen LogP contribution in [0.4, 0.5) is 5.69 Å². The van der Waals surface area contributed by atoms with Gasteiger partial charge in [-0.2, -0.15) is 5.26 Å². The molecule has 0 aliphatic rings. The molecule has 4 nitrogen and oxygen atoms in total. The van der Waals surface area contributed by atoms with Gasteiger partial charge in [0.15, 0.2) is 0 Å². The minimum Gasteiger partial charge on any atom is -0.496 e. The maximum absolute atomic E-state index is 12.8. The van der Waals surface area contributed by atoms with Crippen LogP contribution in [0.15, 0.2) is 54.6 Å². The van der Waals surface area contributed by atoms with E-state index in [0.29, 0.717) is 37.6 Å². The summed E-state index contributed by atoms with van der Waals surface area (Å²) in [4.78, 5) is 12.8. The van der Waals surface area contributed by atoms with Crippen molar-refractivity contribution in [1.29, 1.82) is 5.26 Å². The molecule has 1 N–H and O–H groups in total. The minimum atomic E-state index is -0.564. The molecule has 0 fully saturated rings. The number of halogens is 3. The number of carbonyl (C=O) groups excluding carboxylic acids is 1. The van der Waals surface area contributed by atoms with Gasteiger partial charge < -0.3 is 10.1 Å². The number of hydrogen-bond acceptors (Lipinski definition) is 3. The summed E-state index contributed by atoms with van der Waals surface area (Å²) in [7, 11) is 1.48. The summed E-state index contributed by atoms with van der Waals surface area (Å²) in [6.45, 7) is 1.83. The molecule has 0 heterocycles. The normalized spacial score (nSPS) is 11.5. The molecule has 0 aliphatic heterocycles. The Morgan fingerprint density at radius 2 is 1.70 bits per heavy atom. The van der Waals surface area contributed by atoms with Crippen LogP contribution in [0.3, 0.4) is 0 Å². The quantitative estimate of drug-likeness (QED) is 0.453. The Balaban J connectivity index is 1.93. The topological polar surface area (TPSA) is 62.1 Å². The van der Waals surface area contributed by atoms with Gasteiger partial charge in [0.05, 0.1) is 24.7 Å². The lowest BCUT2D eigenvalue weighted by atomic mass is 9.91. The molecule has 3 rings (SSSR count). The van der Waals surface area contributed by atoms with Gasteiger partial charge in [-0.3, -0.25) is 4.79 Å². The first-order valence-electron chi connectivity index (χ1n) is 8.94. The molecule has 7 heteroatoms. The molecule has 3 aromatic carbocycles. The molecule has 0 saturated carbocycles. The van der Waals surface area contributed by atoms with Crippen LogP contribution < -0.4 is 10.1 Å². The Bertz CT molecular complexity index is 1140. The third kappa shape index (κ3) is 4.71. The first-order valence-corrected chi connectivity index (χ1v) is 10.1. The van der Waals surface area contributed by atoms with Crippen molar-refractivity contribution in [3.05, 3.63) is 91.9 Å². The van der Waals surface area contributed by atoms with Crippen molar-refractivity contribution >= 4 is 46.4 Å². The summed E-state index contributed by atoms with van der Waals surface area (Å²) in [5.41, 5.74) is 3.03. The van der Waals surface area contributed by atoms with E-state index in [2.05, 4.69) is 11.4 Å². The predicted octanol–water partition coefficient (Wildman–Crippen LogP) is 6.87. The number of benzene rings is 3. The van der Waals surface area contributed by atoms with Gasteiger partial charge in [-0.1, -0.05) is 53.0 Å². The number of hydrogen-bond donors (Lipinski definition) is 1. The fraction of sp³-hybridized carbons (Fsp3) is 0.130. The van der Waals surface area contributed by atoms with E-state index < -0.39 is 5.92 Å². The zero-order chi connectivity index (χ0) is 21.8. The van der Waals surface area contributed by atoms with Crippen molar-refractivity contribution in [2.75, 3.05) is 12.4 Å². The third-order valence-corrected chi connectivity index (χ3v) is 5.46. The van der Waals surface area contributed by atoms with E-state index in [-0.39, 0.29) is 5.91 Å². The predicted molar refractivity (Wildman–Crippen MR) is 121 cm³/mol. The van der Waals surface area contributed by atoms with Gasteiger partial charge in [-0.05, 0) is 60.0 Å². The maximum Gasteiger partial charge on any atom is 0.259 e. The van der Waals surface area contributed by atoms with E-state index in [1.807, 2.05) is 6.92 Å². The lowest BCUT2D eigenvalue weighted by molar-refractivity contribution is 0.102. The van der Waals surface area contributed by atoms with Crippen LogP contribution in [0.25, 0.3) is 0 Å². The Hall–Kier alpha value is -2.71. The zero-order valence-electron chi connectivity index (χ0n) is 16.2. The van der Waals surface area contributed by atoms with Crippen LogP contribution in [-0.4, -0.2) is 13.0 Å². The Labute approximate surface area is 189 Å². The number of nitrogens with zero attached hydrogens (tertiary/aromatic N) is 1. The average Bonchev–Trinajstić information content (AvgIpc) is 2.73. The van der Waals surface area contributed by atoms with Crippen LogP contribution in [0.2, 0.25) is 15.1 Å². The minimum absolute atomic E-state index is 0.306. The molecule has 0 spiro atoms. The Kier molecular flexibility index (Phi) is 6.89. The summed E-state index contributed by atoms with van der Waals surface area (Å²) in [5.74, 6) is -0.536. The van der Waals surface area contributed by atoms with Crippen molar-refractivity contribution in [3.8, 4) is 11.8 Å². The number of nitrogens with one attached hydrogen (secondary N) is 1. The molecule has 30 heavy (non-hydrogen) atoms. The molecule has 0 aromatic heterocycles. The molecule has 1 unspecified atom stereocenters. The number of aryl methyl sites for hydroxylation is 1. The third-order valence-electron chi connectivity index (χ3n) is 4.64. The highest BCUT2D eigenvalue weighted by atomic mass is 35.5. The van der Waals surface area contributed by atoms with Crippen molar-refractivity contribution < 1.29 is 9.53 Å². The lowest BCUT2D eigenvalue weighted by Crippen LogP contribution is -2.14. The molecular formula is C23H17Cl3N2O2. The lowest BCUT2D eigenvalue weighted by Gasteiger charge is -2.17. The van der Waals surface area contributed by atoms with Crippen LogP contribution >= 0.6 is 34.8 Å². The van der Waals surface area contributed by atoms with E-state index >= 15 is 0 Å². The smallest absolute Gasteiger partial charge is 0.259 e. The largest absolute Gasteiger partial charge is 0.496 e. The van der Waals surface area contributed by atoms with E-state index in [9.17, 15) is 10.1 Å². The highest BCUT2D eigenvalue weighted by Crippen LogP contribution is 2.35. The summed E-state index contributed by atoms with van der Waals surface area (Å²) < 4.78 is 5.24. The number of amides is 1. The van der Waals surface area contributed by atoms with Crippen molar-refractivity contribution in [2.24, 2.45) is 0 Å². The molecule has 1 amide bonds. The SMILES string of the molecule is COc1ccc(Cl)cc1C(=O)Nc1cc(Cl)c(C(C#N)c2ccc(Cl)cc2)cc1C. The maximum atomic E-state index is 12.8. The highest BCUT2D eigenvalue weighted by Gasteiger charge is 2.20. The standard InChI is InChI=1S/C23H17Cl3N2O2/c1-13-9-17(19(12-27)14-3-5-15(24)6-4-14)20(26)11-21(13)28-23(29)18-10-16(25)7-8-22(18)30-2/h3-11,19H,1-2H3,(H,28,29). The average molecular weight is 460 g/mol. The van der Waals surface area contributed by atoms with Crippen LogP contribution in [0.5, 0.6) is 5.75 Å². The van der Waals surface area contributed by atoms with E-state index in [4.69, 9.17) is 39.5 Å². The van der Waals surface area contributed by atoms with Gasteiger partial charge in [0, 0.05) is 20.8 Å². The monoisotopic (exact) mass is 458 g/mol. The van der Waals surface area contributed by atoms with Crippen LogP contribution in [-0.2, 0) is 0 Å². The fourth-order valence-corrected chi connectivity index (χ4v) is 3.66. The first kappa shape index (κ1) is 22.0. The van der Waals surface area contributed by atoms with Crippen LogP contribution in [0.1, 0.15) is 33.0 Å². The number of ether oxygens (including phenoxy) is 1. The van der Waals surface area contributed by atoms with Gasteiger partial charge in [-0.25, -0.2) is 0 Å². The Morgan fingerprint density at radius 3 is 2.33 bits per heavy atom. The molecule has 1 atom stereocenters. The van der Waals surface area contributed by atoms with Crippen molar-refractivity contribution in [3.63, 3.8) is 0 Å². The van der Waals surface area contributed by atoms with Crippen LogP contribution in [0, 0.1) is 18.3 Å². The fourth-order valence-electron chi connectivity index (χ4n) is 3.09. The van der Waals surface area contributed by atoms with Gasteiger partial charge >= 0.3 is 0 Å². The molecule has 0 radical (unpaired) electrons. The van der Waals surface area contributed by atoms with E-state index in [1.54, 1.807) is 48.5 Å². The molecule has 3 aromatic rings. The zero-order valence-corrected chi connectivity index (χ0v) is 18.4. The van der Waals surface area contributed by atoms with E-state index in [1.165, 1.54) is 13.2 Å². The second-order valence-electron chi connectivity index (χ2n) is 6.60. The van der Waals surface area contributed by atoms with Gasteiger partial charge in [-0.15, -0.1) is 0 Å². The molecular weight excluding hydrogens is 443 g/mol. The summed E-state index contributed by atoms with van der Waals surface area (Å²) in [6, 6.07) is 17.6. The number of nitriles is 1. The van der Waals surface area contributed by atoms with E-state index in [0.717, 1.165) is 11.1 Å². The molecule has 0 bridgehead atoms. The number of carbonyl (C=O) groups is 1. The number of rotatable bonds is 5. The van der Waals surface area contributed by atoms with Gasteiger partial charge in [0.25, 0.3) is 5.91 Å². The second kappa shape index (κ2) is 9.40. The number of methoxy groups -OCH3 is 1. The van der Waals surface area contributed by atoms with Crippen molar-refractivity contribution in [1.82, 2.24) is 0 Å². The summed E-state index contributed by atoms with van der Waals surface area (Å²) >= 11 is 18.5. The molecule has 0 aliphatic carbocycles.